The Bertz CT molecular complexity index is 902. The second kappa shape index (κ2) is 6.70. The van der Waals surface area contributed by atoms with Gasteiger partial charge in [-0.15, -0.1) is 10.2 Å². The Kier molecular flexibility index (Phi) is 4.64. The molecule has 1 amide bonds. The van der Waals surface area contributed by atoms with Gasteiger partial charge < -0.3 is 0 Å². The Morgan fingerprint density at radius 2 is 2.12 bits per heavy atom. The van der Waals surface area contributed by atoms with Crippen LogP contribution in [0.5, 0.6) is 0 Å². The number of nitrogens with zero attached hydrogens (tertiary/aromatic N) is 4. The number of nitrogens with one attached hydrogen (secondary N) is 1. The van der Waals surface area contributed by atoms with E-state index in [2.05, 4.69) is 26.7 Å². The van der Waals surface area contributed by atoms with Crippen molar-refractivity contribution in [1.82, 2.24) is 20.0 Å². The highest BCUT2D eigenvalue weighted by Gasteiger charge is 2.19. The second-order valence-corrected chi connectivity index (χ2v) is 6.93. The monoisotopic (exact) mass is 361 g/mol. The minimum Gasteiger partial charge on any atom is -0.295 e. The summed E-state index contributed by atoms with van der Waals surface area (Å²) in [5.41, 5.74) is 3.28. The zero-order valence-electron chi connectivity index (χ0n) is 13.5. The van der Waals surface area contributed by atoms with Gasteiger partial charge in [-0.25, -0.2) is 0 Å². The summed E-state index contributed by atoms with van der Waals surface area (Å²) in [6.45, 7) is 3.85. The molecule has 0 bridgehead atoms. The summed E-state index contributed by atoms with van der Waals surface area (Å²) in [6, 6.07) is 8.22. The van der Waals surface area contributed by atoms with Crippen LogP contribution in [-0.4, -0.2) is 25.9 Å². The fourth-order valence-corrected chi connectivity index (χ4v) is 3.27. The number of rotatable bonds is 4. The summed E-state index contributed by atoms with van der Waals surface area (Å²) in [7, 11) is 1.74. The molecule has 24 heavy (non-hydrogen) atoms. The van der Waals surface area contributed by atoms with Gasteiger partial charge in [0.1, 0.15) is 5.01 Å². The normalized spacial score (nSPS) is 10.8. The van der Waals surface area contributed by atoms with Crippen molar-refractivity contribution in [2.24, 2.45) is 7.05 Å². The first-order valence-electron chi connectivity index (χ1n) is 7.32. The first-order valence-corrected chi connectivity index (χ1v) is 8.52. The van der Waals surface area contributed by atoms with E-state index in [1.54, 1.807) is 18.7 Å². The quantitative estimate of drug-likeness (QED) is 0.773. The van der Waals surface area contributed by atoms with Gasteiger partial charge >= 0.3 is 0 Å². The Morgan fingerprint density at radius 3 is 2.79 bits per heavy atom. The van der Waals surface area contributed by atoms with E-state index >= 15 is 0 Å². The van der Waals surface area contributed by atoms with E-state index in [9.17, 15) is 4.79 Å². The fraction of sp³-hybridized carbons (Fsp3) is 0.250. The molecular weight excluding hydrogens is 346 g/mol. The molecule has 0 radical (unpaired) electrons. The number of hydrogen-bond donors (Lipinski definition) is 1. The maximum Gasteiger partial charge on any atom is 0.279 e. The molecule has 0 atom stereocenters. The number of carbonyl (C=O) groups excluding carboxylic acids is 1. The third-order valence-corrected chi connectivity index (χ3v) is 4.89. The Morgan fingerprint density at radius 1 is 1.33 bits per heavy atom. The summed E-state index contributed by atoms with van der Waals surface area (Å²) in [6.07, 6.45) is 0.679. The van der Waals surface area contributed by atoms with Crippen LogP contribution in [0.2, 0.25) is 5.02 Å². The number of aromatic nitrogens is 4. The van der Waals surface area contributed by atoms with Crippen molar-refractivity contribution in [3.63, 3.8) is 0 Å². The molecule has 0 spiro atoms. The van der Waals surface area contributed by atoms with Crippen LogP contribution in [0, 0.1) is 13.8 Å². The number of halogens is 1. The molecule has 0 fully saturated rings. The van der Waals surface area contributed by atoms with Gasteiger partial charge in [0.25, 0.3) is 5.91 Å². The van der Waals surface area contributed by atoms with E-state index in [0.717, 1.165) is 16.3 Å². The molecule has 2 heterocycles. The minimum absolute atomic E-state index is 0.187. The van der Waals surface area contributed by atoms with Gasteiger partial charge in [-0.3, -0.25) is 14.8 Å². The van der Waals surface area contributed by atoms with Crippen LogP contribution in [-0.2, 0) is 13.5 Å². The van der Waals surface area contributed by atoms with Crippen LogP contribution >= 0.6 is 22.9 Å². The number of hydrogen-bond acceptors (Lipinski definition) is 5. The van der Waals surface area contributed by atoms with E-state index in [1.807, 2.05) is 25.1 Å². The molecule has 0 unspecified atom stereocenters. The van der Waals surface area contributed by atoms with Gasteiger partial charge in [-0.2, -0.15) is 5.10 Å². The minimum atomic E-state index is -0.387. The first-order chi connectivity index (χ1) is 11.4. The Labute approximate surface area is 148 Å². The maximum atomic E-state index is 12.3. The first kappa shape index (κ1) is 16.6. The molecule has 0 saturated carbocycles. The fourth-order valence-electron chi connectivity index (χ4n) is 2.26. The van der Waals surface area contributed by atoms with Crippen LogP contribution in [0.3, 0.4) is 0 Å². The van der Waals surface area contributed by atoms with Crippen LogP contribution in [0.25, 0.3) is 0 Å². The smallest absolute Gasteiger partial charge is 0.279 e. The lowest BCUT2D eigenvalue weighted by atomic mass is 10.1. The molecular formula is C16H16ClN5OS. The molecule has 0 saturated heterocycles. The second-order valence-electron chi connectivity index (χ2n) is 5.49. The summed E-state index contributed by atoms with van der Waals surface area (Å²) in [4.78, 5) is 12.3. The molecule has 3 rings (SSSR count). The summed E-state index contributed by atoms with van der Waals surface area (Å²) >= 11 is 7.47. The predicted molar refractivity (Wildman–Crippen MR) is 94.8 cm³/mol. The number of benzene rings is 1. The van der Waals surface area contributed by atoms with E-state index in [4.69, 9.17) is 11.6 Å². The molecule has 124 valence electrons. The number of anilines is 1. The molecule has 1 aromatic carbocycles. The van der Waals surface area contributed by atoms with Crippen molar-refractivity contribution in [1.29, 1.82) is 0 Å². The molecule has 2 aromatic heterocycles. The highest BCUT2D eigenvalue weighted by Crippen LogP contribution is 2.23. The Hall–Kier alpha value is -2.25. The number of carbonyl (C=O) groups is 1. The largest absolute Gasteiger partial charge is 0.295 e. The van der Waals surface area contributed by atoms with Crippen molar-refractivity contribution in [3.05, 3.63) is 56.8 Å². The lowest BCUT2D eigenvalue weighted by molar-refractivity contribution is 0.102. The molecule has 0 aliphatic carbocycles. The van der Waals surface area contributed by atoms with E-state index in [0.29, 0.717) is 16.6 Å². The molecule has 3 aromatic rings. The Balaban J connectivity index is 1.71. The summed E-state index contributed by atoms with van der Waals surface area (Å²) in [5.74, 6) is -0.387. The maximum absolute atomic E-state index is 12.3. The van der Waals surface area contributed by atoms with Gasteiger partial charge in [0.05, 0.1) is 10.7 Å². The molecule has 0 aliphatic rings. The van der Waals surface area contributed by atoms with Crippen LogP contribution in [0.1, 0.15) is 32.3 Å². The van der Waals surface area contributed by atoms with Crippen LogP contribution in [0.15, 0.2) is 24.3 Å². The lowest BCUT2D eigenvalue weighted by Gasteiger charge is -1.99. The van der Waals surface area contributed by atoms with Crippen molar-refractivity contribution in [3.8, 4) is 0 Å². The van der Waals surface area contributed by atoms with Crippen molar-refractivity contribution >= 4 is 34.0 Å². The predicted octanol–water partition coefficient (Wildman–Crippen LogP) is 3.38. The summed E-state index contributed by atoms with van der Waals surface area (Å²) < 4.78 is 1.57. The van der Waals surface area contributed by atoms with Gasteiger partial charge in [0.15, 0.2) is 5.69 Å². The van der Waals surface area contributed by atoms with Gasteiger partial charge in [-0.1, -0.05) is 52.8 Å². The number of amides is 1. The third kappa shape index (κ3) is 3.47. The SMILES string of the molecule is Cc1cccc(Cc2nnc(NC(=O)c3nn(C)c(C)c3Cl)s2)c1. The zero-order chi connectivity index (χ0) is 17.3. The van der Waals surface area contributed by atoms with E-state index in [-0.39, 0.29) is 11.6 Å². The summed E-state index contributed by atoms with van der Waals surface area (Å²) in [5, 5.41) is 16.6. The van der Waals surface area contributed by atoms with Crippen LogP contribution in [0.4, 0.5) is 5.13 Å². The number of aryl methyl sites for hydroxylation is 2. The molecule has 1 N–H and O–H groups in total. The van der Waals surface area contributed by atoms with Gasteiger partial charge in [-0.05, 0) is 19.4 Å². The molecule has 0 aliphatic heterocycles. The van der Waals surface area contributed by atoms with E-state index < -0.39 is 0 Å². The van der Waals surface area contributed by atoms with E-state index in [1.165, 1.54) is 16.9 Å². The van der Waals surface area contributed by atoms with Crippen molar-refractivity contribution < 1.29 is 4.79 Å². The standard InChI is InChI=1S/C16H16ClN5OS/c1-9-5-4-6-11(7-9)8-12-19-20-16(24-12)18-15(23)14-13(17)10(2)22(3)21-14/h4-7H,8H2,1-3H3,(H,18,20,23). The zero-order valence-corrected chi connectivity index (χ0v) is 15.1. The van der Waals surface area contributed by atoms with Crippen molar-refractivity contribution in [2.75, 3.05) is 5.32 Å². The topological polar surface area (TPSA) is 72.7 Å². The van der Waals surface area contributed by atoms with Gasteiger partial charge in [0.2, 0.25) is 5.13 Å². The molecule has 8 heteroatoms. The average Bonchev–Trinajstić information content (AvgIpc) is 3.07. The van der Waals surface area contributed by atoms with Crippen LogP contribution < -0.4 is 5.32 Å². The average molecular weight is 362 g/mol. The third-order valence-electron chi connectivity index (χ3n) is 3.60. The highest BCUT2D eigenvalue weighted by atomic mass is 35.5. The highest BCUT2D eigenvalue weighted by molar-refractivity contribution is 7.15. The van der Waals surface area contributed by atoms with Gasteiger partial charge in [0, 0.05) is 13.5 Å². The molecule has 6 nitrogen and oxygen atoms in total. The lowest BCUT2D eigenvalue weighted by Crippen LogP contribution is -2.13. The van der Waals surface area contributed by atoms with Crippen molar-refractivity contribution in [2.45, 2.75) is 20.3 Å².